The molecular formula is C16H24N2O. The van der Waals surface area contributed by atoms with Gasteiger partial charge >= 0.3 is 0 Å². The molecule has 0 spiro atoms. The molecule has 104 valence electrons. The third-order valence-corrected chi connectivity index (χ3v) is 3.97. The van der Waals surface area contributed by atoms with Crippen molar-refractivity contribution in [2.24, 2.45) is 5.92 Å². The number of benzene rings is 1. The third-order valence-electron chi connectivity index (χ3n) is 3.97. The van der Waals surface area contributed by atoms with E-state index in [1.807, 2.05) is 19.2 Å². The van der Waals surface area contributed by atoms with Crippen LogP contribution in [-0.4, -0.2) is 26.0 Å². The Morgan fingerprint density at radius 1 is 1.21 bits per heavy atom. The first-order valence-corrected chi connectivity index (χ1v) is 7.18. The van der Waals surface area contributed by atoms with Gasteiger partial charge in [0.1, 0.15) is 0 Å². The van der Waals surface area contributed by atoms with Crippen LogP contribution in [0.5, 0.6) is 0 Å². The Bertz CT molecular complexity index is 419. The molecular weight excluding hydrogens is 236 g/mol. The molecule has 1 amide bonds. The van der Waals surface area contributed by atoms with Crippen molar-refractivity contribution in [3.05, 3.63) is 29.8 Å². The van der Waals surface area contributed by atoms with Crippen molar-refractivity contribution in [2.45, 2.75) is 32.6 Å². The first-order chi connectivity index (χ1) is 9.09. The summed E-state index contributed by atoms with van der Waals surface area (Å²) in [6, 6.07) is 8.33. The molecule has 2 rings (SSSR count). The summed E-state index contributed by atoms with van der Waals surface area (Å²) < 4.78 is 0. The van der Waals surface area contributed by atoms with Gasteiger partial charge in [0, 0.05) is 18.7 Å². The first-order valence-electron chi connectivity index (χ1n) is 7.18. The number of hydrogen-bond donors (Lipinski definition) is 1. The molecule has 1 aliphatic rings. The standard InChI is InChI=1S/C16H24N2O/c1-12(2)13-4-6-15(7-5-13)18(3)16(19)14-8-10-17-11-9-14/h4-7,12,14,17H,8-11H2,1-3H3. The molecule has 1 heterocycles. The molecule has 1 saturated heterocycles. The Hall–Kier alpha value is -1.35. The average Bonchev–Trinajstić information content (AvgIpc) is 2.46. The average molecular weight is 260 g/mol. The fourth-order valence-corrected chi connectivity index (χ4v) is 2.55. The van der Waals surface area contributed by atoms with Crippen molar-refractivity contribution in [1.82, 2.24) is 5.32 Å². The van der Waals surface area contributed by atoms with Crippen molar-refractivity contribution < 1.29 is 4.79 Å². The normalized spacial score (nSPS) is 16.6. The number of hydrogen-bond acceptors (Lipinski definition) is 2. The van der Waals surface area contributed by atoms with Crippen LogP contribution in [0.25, 0.3) is 0 Å². The van der Waals surface area contributed by atoms with Gasteiger partial charge in [-0.25, -0.2) is 0 Å². The van der Waals surface area contributed by atoms with Crippen molar-refractivity contribution in [3.8, 4) is 0 Å². The maximum absolute atomic E-state index is 12.4. The highest BCUT2D eigenvalue weighted by Crippen LogP contribution is 2.22. The zero-order chi connectivity index (χ0) is 13.8. The molecule has 1 aliphatic heterocycles. The van der Waals surface area contributed by atoms with Gasteiger partial charge in [0.15, 0.2) is 0 Å². The van der Waals surface area contributed by atoms with Gasteiger partial charge < -0.3 is 10.2 Å². The van der Waals surface area contributed by atoms with Crippen LogP contribution >= 0.6 is 0 Å². The highest BCUT2D eigenvalue weighted by atomic mass is 16.2. The van der Waals surface area contributed by atoms with E-state index in [0.717, 1.165) is 31.6 Å². The van der Waals surface area contributed by atoms with Crippen LogP contribution in [0.4, 0.5) is 5.69 Å². The van der Waals surface area contributed by atoms with Gasteiger partial charge in [0.25, 0.3) is 0 Å². The summed E-state index contributed by atoms with van der Waals surface area (Å²) in [5.74, 6) is 0.953. The van der Waals surface area contributed by atoms with Gasteiger partial charge in [-0.15, -0.1) is 0 Å². The fraction of sp³-hybridized carbons (Fsp3) is 0.562. The molecule has 0 bridgehead atoms. The van der Waals surface area contributed by atoms with Gasteiger partial charge in [0.05, 0.1) is 0 Å². The molecule has 1 N–H and O–H groups in total. The minimum absolute atomic E-state index is 0.177. The monoisotopic (exact) mass is 260 g/mol. The van der Waals surface area contributed by atoms with E-state index in [1.54, 1.807) is 4.90 Å². The van der Waals surface area contributed by atoms with E-state index in [4.69, 9.17) is 0 Å². The topological polar surface area (TPSA) is 32.3 Å². The molecule has 0 saturated carbocycles. The van der Waals surface area contributed by atoms with Crippen molar-refractivity contribution in [1.29, 1.82) is 0 Å². The SMILES string of the molecule is CC(C)c1ccc(N(C)C(=O)C2CCNCC2)cc1. The number of carbonyl (C=O) groups excluding carboxylic acids is 1. The molecule has 1 fully saturated rings. The smallest absolute Gasteiger partial charge is 0.229 e. The highest BCUT2D eigenvalue weighted by molar-refractivity contribution is 5.94. The van der Waals surface area contributed by atoms with Crippen LogP contribution in [0.2, 0.25) is 0 Å². The summed E-state index contributed by atoms with van der Waals surface area (Å²) in [5.41, 5.74) is 2.30. The first kappa shape index (κ1) is 14.1. The molecule has 19 heavy (non-hydrogen) atoms. The van der Waals surface area contributed by atoms with Gasteiger partial charge in [-0.2, -0.15) is 0 Å². The Morgan fingerprint density at radius 3 is 2.32 bits per heavy atom. The summed E-state index contributed by atoms with van der Waals surface area (Å²) in [6.45, 7) is 6.27. The maximum Gasteiger partial charge on any atom is 0.229 e. The van der Waals surface area contributed by atoms with E-state index >= 15 is 0 Å². The highest BCUT2D eigenvalue weighted by Gasteiger charge is 2.24. The molecule has 0 unspecified atom stereocenters. The zero-order valence-corrected chi connectivity index (χ0v) is 12.1. The van der Waals surface area contributed by atoms with Crippen LogP contribution in [0.15, 0.2) is 24.3 Å². The lowest BCUT2D eigenvalue weighted by molar-refractivity contribution is -0.122. The Morgan fingerprint density at radius 2 is 1.79 bits per heavy atom. The van der Waals surface area contributed by atoms with Gasteiger partial charge in [-0.3, -0.25) is 4.79 Å². The minimum atomic E-state index is 0.177. The lowest BCUT2D eigenvalue weighted by atomic mass is 9.96. The van der Waals surface area contributed by atoms with Crippen molar-refractivity contribution in [2.75, 3.05) is 25.0 Å². The third kappa shape index (κ3) is 3.35. The molecule has 1 aromatic rings. The lowest BCUT2D eigenvalue weighted by Gasteiger charge is -2.27. The van der Waals surface area contributed by atoms with E-state index in [9.17, 15) is 4.79 Å². The summed E-state index contributed by atoms with van der Waals surface area (Å²) in [7, 11) is 1.88. The van der Waals surface area contributed by atoms with Crippen LogP contribution in [0, 0.1) is 5.92 Å². The van der Waals surface area contributed by atoms with E-state index in [0.29, 0.717) is 5.92 Å². The van der Waals surface area contributed by atoms with Gasteiger partial charge in [0.2, 0.25) is 5.91 Å². The number of nitrogens with zero attached hydrogens (tertiary/aromatic N) is 1. The van der Waals surface area contributed by atoms with Crippen molar-refractivity contribution >= 4 is 11.6 Å². The summed E-state index contributed by atoms with van der Waals surface area (Å²) in [6.07, 6.45) is 1.90. The second-order valence-electron chi connectivity index (χ2n) is 5.67. The minimum Gasteiger partial charge on any atom is -0.317 e. The van der Waals surface area contributed by atoms with E-state index in [-0.39, 0.29) is 11.8 Å². The van der Waals surface area contributed by atoms with Crippen LogP contribution in [0.1, 0.15) is 38.2 Å². The summed E-state index contributed by atoms with van der Waals surface area (Å²) >= 11 is 0. The second-order valence-corrected chi connectivity index (χ2v) is 5.67. The number of carbonyl (C=O) groups is 1. The number of anilines is 1. The van der Waals surface area contributed by atoms with Crippen LogP contribution in [0.3, 0.4) is 0 Å². The maximum atomic E-state index is 12.4. The number of piperidine rings is 1. The fourth-order valence-electron chi connectivity index (χ4n) is 2.55. The Balaban J connectivity index is 2.05. The summed E-state index contributed by atoms with van der Waals surface area (Å²) in [4.78, 5) is 14.2. The molecule has 0 radical (unpaired) electrons. The number of nitrogens with one attached hydrogen (secondary N) is 1. The molecule has 3 nitrogen and oxygen atoms in total. The number of rotatable bonds is 3. The molecule has 1 aromatic carbocycles. The Labute approximate surface area is 116 Å². The van der Waals surface area contributed by atoms with Gasteiger partial charge in [-0.1, -0.05) is 26.0 Å². The summed E-state index contributed by atoms with van der Waals surface area (Å²) in [5, 5.41) is 3.30. The quantitative estimate of drug-likeness (QED) is 0.906. The lowest BCUT2D eigenvalue weighted by Crippen LogP contribution is -2.39. The predicted octanol–water partition coefficient (Wildman–Crippen LogP) is 2.77. The molecule has 3 heteroatoms. The largest absolute Gasteiger partial charge is 0.317 e. The van der Waals surface area contributed by atoms with E-state index < -0.39 is 0 Å². The molecule has 0 atom stereocenters. The molecule has 0 aromatic heterocycles. The molecule has 0 aliphatic carbocycles. The zero-order valence-electron chi connectivity index (χ0n) is 12.1. The van der Waals surface area contributed by atoms with Crippen molar-refractivity contribution in [3.63, 3.8) is 0 Å². The van der Waals surface area contributed by atoms with E-state index in [1.165, 1.54) is 5.56 Å². The van der Waals surface area contributed by atoms with Crippen LogP contribution in [-0.2, 0) is 4.79 Å². The van der Waals surface area contributed by atoms with Gasteiger partial charge in [-0.05, 0) is 49.5 Å². The van der Waals surface area contributed by atoms with E-state index in [2.05, 4.69) is 31.3 Å². The Kier molecular flexibility index (Phi) is 4.59. The predicted molar refractivity (Wildman–Crippen MR) is 79.5 cm³/mol. The second kappa shape index (κ2) is 6.20. The van der Waals surface area contributed by atoms with Crippen LogP contribution < -0.4 is 10.2 Å². The number of amides is 1.